The van der Waals surface area contributed by atoms with Gasteiger partial charge >= 0.3 is 7.60 Å². The summed E-state index contributed by atoms with van der Waals surface area (Å²) in [6.07, 6.45) is 0.407. The van der Waals surface area contributed by atoms with Gasteiger partial charge in [-0.1, -0.05) is 0 Å². The second-order valence-corrected chi connectivity index (χ2v) is 5.89. The molecular weight excluding hydrogens is 287 g/mol. The van der Waals surface area contributed by atoms with Crippen molar-refractivity contribution in [2.45, 2.75) is 19.6 Å². The summed E-state index contributed by atoms with van der Waals surface area (Å²) in [5.41, 5.74) is 12.1. The first-order chi connectivity index (χ1) is 9.26. The van der Waals surface area contributed by atoms with E-state index in [0.717, 1.165) is 0 Å². The van der Waals surface area contributed by atoms with Crippen molar-refractivity contribution in [1.82, 2.24) is 19.5 Å². The molecule has 0 aliphatic rings. The van der Waals surface area contributed by atoms with E-state index in [-0.39, 0.29) is 11.8 Å². The molecule has 2 heterocycles. The molecule has 10 nitrogen and oxygen atoms in total. The van der Waals surface area contributed by atoms with Crippen LogP contribution in [0.25, 0.3) is 11.2 Å². The van der Waals surface area contributed by atoms with Gasteiger partial charge in [-0.05, 0) is 6.92 Å². The van der Waals surface area contributed by atoms with E-state index >= 15 is 0 Å². The van der Waals surface area contributed by atoms with Crippen LogP contribution < -0.4 is 11.5 Å². The molecule has 110 valence electrons. The molecule has 0 fully saturated rings. The van der Waals surface area contributed by atoms with Gasteiger partial charge < -0.3 is 30.6 Å². The fraction of sp³-hybridized carbons (Fsp3) is 0.444. The minimum atomic E-state index is -4.19. The molecule has 0 aliphatic heterocycles. The summed E-state index contributed by atoms with van der Waals surface area (Å²) in [4.78, 5) is 29.4. The number of aromatic nitrogens is 4. The van der Waals surface area contributed by atoms with Crippen LogP contribution in [0, 0.1) is 0 Å². The molecule has 6 N–H and O–H groups in total. The predicted octanol–water partition coefficient (Wildman–Crippen LogP) is -0.469. The Morgan fingerprint density at radius 2 is 2.15 bits per heavy atom. The van der Waals surface area contributed by atoms with Gasteiger partial charge in [0.1, 0.15) is 11.9 Å². The smallest absolute Gasteiger partial charge is 0.350 e. The predicted molar refractivity (Wildman–Crippen MR) is 71.6 cm³/mol. The molecule has 0 saturated carbocycles. The number of imidazole rings is 1. The molecule has 11 heteroatoms. The molecule has 0 aliphatic carbocycles. The van der Waals surface area contributed by atoms with Crippen molar-refractivity contribution in [3.8, 4) is 0 Å². The fourth-order valence-corrected chi connectivity index (χ4v) is 2.12. The molecule has 20 heavy (non-hydrogen) atoms. The number of nitrogens with two attached hydrogens (primary N) is 2. The van der Waals surface area contributed by atoms with E-state index in [4.69, 9.17) is 26.0 Å². The molecule has 0 amide bonds. The number of rotatable bonds is 5. The number of hydrogen-bond acceptors (Lipinski definition) is 7. The van der Waals surface area contributed by atoms with Crippen LogP contribution in [0.4, 0.5) is 11.8 Å². The van der Waals surface area contributed by atoms with Crippen molar-refractivity contribution >= 4 is 30.5 Å². The average Bonchev–Trinajstić information content (AvgIpc) is 2.69. The lowest BCUT2D eigenvalue weighted by Gasteiger charge is -2.14. The summed E-state index contributed by atoms with van der Waals surface area (Å²) >= 11 is 0. The van der Waals surface area contributed by atoms with Crippen molar-refractivity contribution in [3.05, 3.63) is 6.33 Å². The van der Waals surface area contributed by atoms with Crippen LogP contribution in [0.1, 0.15) is 6.92 Å². The molecule has 0 aromatic carbocycles. The second kappa shape index (κ2) is 5.33. The van der Waals surface area contributed by atoms with E-state index in [0.29, 0.717) is 17.7 Å². The van der Waals surface area contributed by atoms with Gasteiger partial charge in [0.25, 0.3) is 0 Å². The fourth-order valence-electron chi connectivity index (χ4n) is 1.67. The first-order valence-electron chi connectivity index (χ1n) is 5.66. The van der Waals surface area contributed by atoms with Crippen LogP contribution in [0.2, 0.25) is 0 Å². The Morgan fingerprint density at radius 3 is 2.80 bits per heavy atom. The summed E-state index contributed by atoms with van der Waals surface area (Å²) in [6, 6.07) is 0. The minimum absolute atomic E-state index is 0.0283. The minimum Gasteiger partial charge on any atom is -0.382 e. The summed E-state index contributed by atoms with van der Waals surface area (Å²) < 4.78 is 17.4. The molecule has 2 rings (SSSR count). The third-order valence-electron chi connectivity index (χ3n) is 2.49. The number of nitrogens with zero attached hydrogens (tertiary/aromatic N) is 4. The number of hydrogen-bond donors (Lipinski definition) is 4. The molecule has 2 aromatic rings. The second-order valence-electron chi connectivity index (χ2n) is 4.31. The molecule has 0 spiro atoms. The number of ether oxygens (including phenoxy) is 1. The molecule has 0 saturated heterocycles. The molecule has 0 radical (unpaired) electrons. The summed E-state index contributed by atoms with van der Waals surface area (Å²) in [7, 11) is -4.19. The Balaban J connectivity index is 2.16. The maximum absolute atomic E-state index is 10.7. The molecule has 1 unspecified atom stereocenters. The highest BCUT2D eigenvalue weighted by Crippen LogP contribution is 2.34. The monoisotopic (exact) mass is 302 g/mol. The zero-order valence-corrected chi connectivity index (χ0v) is 11.6. The Labute approximate surface area is 113 Å². The van der Waals surface area contributed by atoms with Gasteiger partial charge in [-0.15, -0.1) is 0 Å². The third-order valence-corrected chi connectivity index (χ3v) is 2.97. The Kier molecular flexibility index (Phi) is 3.91. The topological polar surface area (TPSA) is 162 Å². The Bertz CT molecular complexity index is 668. The number of anilines is 2. The largest absolute Gasteiger partial charge is 0.382 e. The maximum atomic E-state index is 10.7. The lowest BCUT2D eigenvalue weighted by atomic mass is 10.4. The summed E-state index contributed by atoms with van der Waals surface area (Å²) in [6.45, 7) is 1.97. The molecular formula is C9H15N6O4P. The van der Waals surface area contributed by atoms with Gasteiger partial charge in [-0.2, -0.15) is 9.97 Å². The van der Waals surface area contributed by atoms with E-state index in [9.17, 15) is 4.57 Å². The molecule has 0 bridgehead atoms. The van der Waals surface area contributed by atoms with Gasteiger partial charge in [0.05, 0.1) is 19.0 Å². The standard InChI is InChI=1S/C9H15N6O4P/c1-5(19-4-20(16,17)18)2-15-3-12-6-7(10)13-9(11)14-8(6)15/h3,5H,2,4H2,1H3,(H2,16,17,18)(H4,10,11,13,14). The SMILES string of the molecule is CC(Cn1cnc2c(N)nc(N)nc21)OCP(=O)(O)O. The highest BCUT2D eigenvalue weighted by atomic mass is 31.2. The van der Waals surface area contributed by atoms with Gasteiger partial charge in [0.2, 0.25) is 5.95 Å². The van der Waals surface area contributed by atoms with Crippen LogP contribution in [0.3, 0.4) is 0 Å². The van der Waals surface area contributed by atoms with Crippen LogP contribution in [0.15, 0.2) is 6.33 Å². The van der Waals surface area contributed by atoms with E-state index < -0.39 is 20.0 Å². The normalized spacial score (nSPS) is 13.8. The Morgan fingerprint density at radius 1 is 1.45 bits per heavy atom. The zero-order valence-electron chi connectivity index (χ0n) is 10.7. The highest BCUT2D eigenvalue weighted by molar-refractivity contribution is 7.51. The van der Waals surface area contributed by atoms with E-state index in [1.807, 2.05) is 0 Å². The van der Waals surface area contributed by atoms with Crippen LogP contribution in [-0.2, 0) is 15.8 Å². The summed E-state index contributed by atoms with van der Waals surface area (Å²) in [5, 5.41) is 0. The first-order valence-corrected chi connectivity index (χ1v) is 7.46. The maximum Gasteiger partial charge on any atom is 0.350 e. The van der Waals surface area contributed by atoms with E-state index in [2.05, 4.69) is 15.0 Å². The lowest BCUT2D eigenvalue weighted by molar-refractivity contribution is 0.0764. The van der Waals surface area contributed by atoms with Gasteiger partial charge in [-0.3, -0.25) is 4.57 Å². The number of fused-ring (bicyclic) bond motifs is 1. The zero-order chi connectivity index (χ0) is 14.9. The van der Waals surface area contributed by atoms with Crippen molar-refractivity contribution in [2.75, 3.05) is 17.8 Å². The number of nitrogen functional groups attached to an aromatic ring is 2. The van der Waals surface area contributed by atoms with Crippen molar-refractivity contribution in [1.29, 1.82) is 0 Å². The van der Waals surface area contributed by atoms with E-state index in [1.165, 1.54) is 6.33 Å². The Hall–Kier alpha value is -1.74. The van der Waals surface area contributed by atoms with Crippen molar-refractivity contribution in [3.63, 3.8) is 0 Å². The van der Waals surface area contributed by atoms with Crippen LogP contribution in [-0.4, -0.2) is 41.8 Å². The van der Waals surface area contributed by atoms with Crippen LogP contribution >= 0.6 is 7.60 Å². The van der Waals surface area contributed by atoms with Crippen molar-refractivity contribution in [2.24, 2.45) is 0 Å². The average molecular weight is 302 g/mol. The van der Waals surface area contributed by atoms with Crippen molar-refractivity contribution < 1.29 is 19.1 Å². The quantitative estimate of drug-likeness (QED) is 0.534. The van der Waals surface area contributed by atoms with Gasteiger partial charge in [0, 0.05) is 0 Å². The lowest BCUT2D eigenvalue weighted by Crippen LogP contribution is -2.17. The van der Waals surface area contributed by atoms with Gasteiger partial charge in [-0.25, -0.2) is 4.98 Å². The molecule has 2 aromatic heterocycles. The first kappa shape index (κ1) is 14.7. The summed E-state index contributed by atoms with van der Waals surface area (Å²) in [5.74, 6) is 0.204. The van der Waals surface area contributed by atoms with E-state index in [1.54, 1.807) is 11.5 Å². The highest BCUT2D eigenvalue weighted by Gasteiger charge is 2.17. The third kappa shape index (κ3) is 3.42. The molecule has 1 atom stereocenters. The van der Waals surface area contributed by atoms with Gasteiger partial charge in [0.15, 0.2) is 11.5 Å². The van der Waals surface area contributed by atoms with Crippen LogP contribution in [0.5, 0.6) is 0 Å².